The maximum atomic E-state index is 12.0. The molecule has 0 N–H and O–H groups in total. The van der Waals surface area contributed by atoms with Crippen molar-refractivity contribution in [2.24, 2.45) is 0 Å². The van der Waals surface area contributed by atoms with Crippen LogP contribution in [-0.4, -0.2) is 24.0 Å². The van der Waals surface area contributed by atoms with Crippen molar-refractivity contribution in [2.45, 2.75) is 13.5 Å². The number of thiophene rings is 1. The highest BCUT2D eigenvalue weighted by Gasteiger charge is 2.15. The molecule has 0 saturated heterocycles. The fraction of sp³-hybridized carbons (Fsp3) is 0.167. The third-order valence-electron chi connectivity index (χ3n) is 3.44. The van der Waals surface area contributed by atoms with Crippen molar-refractivity contribution in [1.82, 2.24) is 5.16 Å². The predicted octanol–water partition coefficient (Wildman–Crippen LogP) is 3.97. The number of para-hydroxylation sites is 1. The molecule has 7 heteroatoms. The molecule has 0 unspecified atom stereocenters. The van der Waals surface area contributed by atoms with Crippen LogP contribution in [0.4, 0.5) is 0 Å². The lowest BCUT2D eigenvalue weighted by Crippen LogP contribution is -2.02. The maximum absolute atomic E-state index is 12.0. The second-order valence-electron chi connectivity index (χ2n) is 5.17. The van der Waals surface area contributed by atoms with Gasteiger partial charge in [0.25, 0.3) is 0 Å². The Kier molecular flexibility index (Phi) is 4.95. The number of methoxy groups -OCH3 is 1. The number of ketones is 1. The average Bonchev–Trinajstić information content (AvgIpc) is 3.29. The van der Waals surface area contributed by atoms with Gasteiger partial charge in [0.1, 0.15) is 16.3 Å². The molecule has 0 saturated carbocycles. The van der Waals surface area contributed by atoms with Gasteiger partial charge in [-0.1, -0.05) is 17.3 Å². The molecule has 0 radical (unpaired) electrons. The lowest BCUT2D eigenvalue weighted by atomic mass is 10.1. The normalized spacial score (nSPS) is 10.5. The number of hydrogen-bond acceptors (Lipinski definition) is 7. The van der Waals surface area contributed by atoms with Gasteiger partial charge >= 0.3 is 5.97 Å². The van der Waals surface area contributed by atoms with Gasteiger partial charge in [-0.2, -0.15) is 0 Å². The van der Waals surface area contributed by atoms with Crippen molar-refractivity contribution >= 4 is 23.1 Å². The van der Waals surface area contributed by atoms with Crippen LogP contribution in [0.2, 0.25) is 0 Å². The van der Waals surface area contributed by atoms with Crippen LogP contribution in [0.25, 0.3) is 11.3 Å². The van der Waals surface area contributed by atoms with E-state index in [-0.39, 0.29) is 12.4 Å². The fourth-order valence-electron chi connectivity index (χ4n) is 2.21. The number of hydrogen-bond donors (Lipinski definition) is 0. The number of rotatable bonds is 6. The first-order valence-corrected chi connectivity index (χ1v) is 8.27. The third-order valence-corrected chi connectivity index (χ3v) is 4.61. The monoisotopic (exact) mass is 357 g/mol. The molecule has 0 aliphatic rings. The molecule has 0 aliphatic carbocycles. The van der Waals surface area contributed by atoms with Crippen LogP contribution in [0.1, 0.15) is 32.0 Å². The highest BCUT2D eigenvalue weighted by molar-refractivity contribution is 7.15. The molecule has 3 rings (SSSR count). The van der Waals surface area contributed by atoms with Crippen LogP contribution in [0, 0.1) is 0 Å². The number of carbonyl (C=O) groups excluding carboxylic acids is 2. The van der Waals surface area contributed by atoms with E-state index >= 15 is 0 Å². The van der Waals surface area contributed by atoms with Crippen molar-refractivity contribution in [1.29, 1.82) is 0 Å². The number of ether oxygens (including phenoxy) is 2. The van der Waals surface area contributed by atoms with E-state index in [1.54, 1.807) is 25.3 Å². The Labute approximate surface area is 148 Å². The van der Waals surface area contributed by atoms with Crippen molar-refractivity contribution < 1.29 is 23.6 Å². The van der Waals surface area contributed by atoms with Gasteiger partial charge in [0.15, 0.2) is 18.2 Å². The summed E-state index contributed by atoms with van der Waals surface area (Å²) in [6.07, 6.45) is 0. The number of benzene rings is 1. The predicted molar refractivity (Wildman–Crippen MR) is 91.9 cm³/mol. The zero-order valence-electron chi connectivity index (χ0n) is 13.6. The average molecular weight is 357 g/mol. The van der Waals surface area contributed by atoms with Gasteiger partial charge in [-0.25, -0.2) is 4.79 Å². The molecular formula is C18H15NO5S. The topological polar surface area (TPSA) is 78.6 Å². The van der Waals surface area contributed by atoms with Gasteiger partial charge in [-0.15, -0.1) is 11.3 Å². The Morgan fingerprint density at radius 3 is 2.64 bits per heavy atom. The summed E-state index contributed by atoms with van der Waals surface area (Å²) in [5.41, 5.74) is 1.38. The van der Waals surface area contributed by atoms with Crippen LogP contribution >= 0.6 is 11.3 Å². The molecule has 25 heavy (non-hydrogen) atoms. The summed E-state index contributed by atoms with van der Waals surface area (Å²) in [5.74, 6) is 0.501. The highest BCUT2D eigenvalue weighted by Crippen LogP contribution is 2.29. The number of carbonyl (C=O) groups is 2. The number of esters is 1. The zero-order valence-corrected chi connectivity index (χ0v) is 14.5. The first-order chi connectivity index (χ1) is 12.1. The molecule has 0 bridgehead atoms. The van der Waals surface area contributed by atoms with Crippen LogP contribution in [-0.2, 0) is 11.3 Å². The second-order valence-corrected chi connectivity index (χ2v) is 6.26. The molecule has 0 atom stereocenters. The SMILES string of the molecule is COc1ccccc1-c1cc(COC(=O)c2ccc(C(C)=O)s2)on1. The summed E-state index contributed by atoms with van der Waals surface area (Å²) in [6.45, 7) is 1.41. The van der Waals surface area contributed by atoms with Crippen LogP contribution in [0.5, 0.6) is 5.75 Å². The Morgan fingerprint density at radius 1 is 1.16 bits per heavy atom. The van der Waals surface area contributed by atoms with Gasteiger partial charge in [-0.3, -0.25) is 4.79 Å². The summed E-state index contributed by atoms with van der Waals surface area (Å²) in [5, 5.41) is 3.98. The van der Waals surface area contributed by atoms with E-state index in [4.69, 9.17) is 14.0 Å². The van der Waals surface area contributed by atoms with E-state index in [2.05, 4.69) is 5.16 Å². The first kappa shape index (κ1) is 16.9. The molecule has 1 aromatic carbocycles. The number of nitrogens with zero attached hydrogens (tertiary/aromatic N) is 1. The lowest BCUT2D eigenvalue weighted by molar-refractivity contribution is 0.0443. The standard InChI is InChI=1S/C18H15NO5S/c1-11(20)16-7-8-17(25-16)18(21)23-10-12-9-14(19-24-12)13-5-3-4-6-15(13)22-2/h3-9H,10H2,1-2H3. The summed E-state index contributed by atoms with van der Waals surface area (Å²) in [7, 11) is 1.58. The second kappa shape index (κ2) is 7.31. The van der Waals surface area contributed by atoms with Crippen molar-refractivity contribution in [3.63, 3.8) is 0 Å². The quantitative estimate of drug-likeness (QED) is 0.491. The van der Waals surface area contributed by atoms with E-state index in [9.17, 15) is 9.59 Å². The molecular weight excluding hydrogens is 342 g/mol. The van der Waals surface area contributed by atoms with Gasteiger partial charge in [0.2, 0.25) is 0 Å². The van der Waals surface area contributed by atoms with Crippen molar-refractivity contribution in [3.05, 3.63) is 58.0 Å². The molecule has 2 heterocycles. The zero-order chi connectivity index (χ0) is 17.8. The first-order valence-electron chi connectivity index (χ1n) is 7.45. The minimum atomic E-state index is -0.507. The van der Waals surface area contributed by atoms with Crippen LogP contribution in [0.15, 0.2) is 47.0 Å². The van der Waals surface area contributed by atoms with E-state index in [1.165, 1.54) is 6.92 Å². The summed E-state index contributed by atoms with van der Waals surface area (Å²) < 4.78 is 15.7. The molecule has 128 valence electrons. The smallest absolute Gasteiger partial charge is 0.348 e. The molecule has 6 nitrogen and oxygen atoms in total. The summed E-state index contributed by atoms with van der Waals surface area (Å²) in [6, 6.07) is 12.3. The molecule has 0 amide bonds. The van der Waals surface area contributed by atoms with E-state index in [1.807, 2.05) is 24.3 Å². The Hall–Kier alpha value is -2.93. The molecule has 3 aromatic rings. The number of aromatic nitrogens is 1. The third kappa shape index (κ3) is 3.77. The van der Waals surface area contributed by atoms with Crippen LogP contribution < -0.4 is 4.74 Å². The summed E-state index contributed by atoms with van der Waals surface area (Å²) in [4.78, 5) is 24.2. The van der Waals surface area contributed by atoms with Gasteiger partial charge < -0.3 is 14.0 Å². The summed E-state index contributed by atoms with van der Waals surface area (Å²) >= 11 is 1.10. The van der Waals surface area contributed by atoms with Crippen molar-refractivity contribution in [3.8, 4) is 17.0 Å². The lowest BCUT2D eigenvalue weighted by Gasteiger charge is -2.03. The van der Waals surface area contributed by atoms with E-state index in [0.29, 0.717) is 27.0 Å². The van der Waals surface area contributed by atoms with Gasteiger partial charge in [0.05, 0.1) is 12.0 Å². The maximum Gasteiger partial charge on any atom is 0.348 e. The van der Waals surface area contributed by atoms with E-state index < -0.39 is 5.97 Å². The fourth-order valence-corrected chi connectivity index (χ4v) is 3.00. The minimum absolute atomic E-state index is 0.0473. The molecule has 0 fully saturated rings. The highest BCUT2D eigenvalue weighted by atomic mass is 32.1. The van der Waals surface area contributed by atoms with Crippen LogP contribution in [0.3, 0.4) is 0 Å². The molecule has 0 spiro atoms. The number of Topliss-reactive ketones (excluding diaryl/α,β-unsaturated/α-hetero) is 1. The minimum Gasteiger partial charge on any atom is -0.496 e. The molecule has 0 aliphatic heterocycles. The van der Waals surface area contributed by atoms with E-state index in [0.717, 1.165) is 16.9 Å². The Balaban J connectivity index is 1.67. The van der Waals surface area contributed by atoms with Gasteiger partial charge in [-0.05, 0) is 31.2 Å². The molecule has 2 aromatic heterocycles. The largest absolute Gasteiger partial charge is 0.496 e. The van der Waals surface area contributed by atoms with Gasteiger partial charge in [0, 0.05) is 11.6 Å². The van der Waals surface area contributed by atoms with Crippen molar-refractivity contribution in [2.75, 3.05) is 7.11 Å². The Bertz CT molecular complexity index is 912. The Morgan fingerprint density at radius 2 is 1.92 bits per heavy atom.